The molecule has 0 bridgehead atoms. The van der Waals surface area contributed by atoms with Crippen molar-refractivity contribution in [1.82, 2.24) is 30.3 Å². The van der Waals surface area contributed by atoms with Crippen LogP contribution in [0.1, 0.15) is 22.9 Å². The Morgan fingerprint density at radius 2 is 2.30 bits per heavy atom. The highest BCUT2D eigenvalue weighted by Gasteiger charge is 2.21. The molecule has 1 amide bonds. The van der Waals surface area contributed by atoms with E-state index in [1.807, 2.05) is 23.1 Å². The minimum absolute atomic E-state index is 0. The molecule has 3 heterocycles. The van der Waals surface area contributed by atoms with Crippen LogP contribution in [0.4, 0.5) is 0 Å². The summed E-state index contributed by atoms with van der Waals surface area (Å²) in [6.45, 7) is 3.46. The molecule has 3 rings (SSSR count). The number of guanidine groups is 1. The number of aryl methyl sites for hydroxylation is 2. The van der Waals surface area contributed by atoms with Gasteiger partial charge >= 0.3 is 0 Å². The lowest BCUT2D eigenvalue weighted by Gasteiger charge is -2.25. The van der Waals surface area contributed by atoms with Gasteiger partial charge in [0.1, 0.15) is 18.2 Å². The monoisotopic (exact) mass is 503 g/mol. The number of carbonyl (C=O) groups excluding carboxylic acids is 1. The van der Waals surface area contributed by atoms with Gasteiger partial charge in [-0.25, -0.2) is 14.7 Å². The van der Waals surface area contributed by atoms with Gasteiger partial charge in [-0.2, -0.15) is 5.10 Å². The number of thiophene rings is 1. The molecule has 1 unspecified atom stereocenters. The average Bonchev–Trinajstić information content (AvgIpc) is 3.24. The molecule has 0 saturated heterocycles. The van der Waals surface area contributed by atoms with Crippen LogP contribution >= 0.6 is 35.3 Å². The summed E-state index contributed by atoms with van der Waals surface area (Å²) in [5.41, 5.74) is 0. The molecule has 0 radical (unpaired) electrons. The first-order chi connectivity index (χ1) is 12.5. The normalized spacial score (nSPS) is 16.3. The molecule has 2 aromatic rings. The highest BCUT2D eigenvalue weighted by molar-refractivity contribution is 14.0. The first-order valence-electron chi connectivity index (χ1n) is 8.69. The summed E-state index contributed by atoms with van der Waals surface area (Å²) in [5.74, 6) is 2.47. The summed E-state index contributed by atoms with van der Waals surface area (Å²) in [5, 5.41) is 13.3. The van der Waals surface area contributed by atoms with Crippen molar-refractivity contribution in [1.29, 1.82) is 0 Å². The predicted molar refractivity (Wildman–Crippen MR) is 118 cm³/mol. The standard InChI is InChI=1S/C17H25N7OS.HI/c1-12-20-15-7-6-13(11-24(15)22-12)21-17(19-10-16(25)23(2)3)18-9-14-5-4-8-26-14;/h4-5,8,13H,6-7,9-11H2,1-3H3,(H2,18,19,21);1H. The van der Waals surface area contributed by atoms with Crippen molar-refractivity contribution in [3.05, 3.63) is 34.0 Å². The minimum Gasteiger partial charge on any atom is -0.352 e. The second-order valence-corrected chi connectivity index (χ2v) is 7.56. The maximum Gasteiger partial charge on any atom is 0.243 e. The van der Waals surface area contributed by atoms with Crippen molar-refractivity contribution >= 4 is 47.2 Å². The van der Waals surface area contributed by atoms with Crippen molar-refractivity contribution in [3.63, 3.8) is 0 Å². The van der Waals surface area contributed by atoms with Gasteiger partial charge in [0.25, 0.3) is 0 Å². The topological polar surface area (TPSA) is 87.4 Å². The molecule has 8 nitrogen and oxygen atoms in total. The van der Waals surface area contributed by atoms with Gasteiger partial charge in [0.2, 0.25) is 5.91 Å². The molecule has 0 fully saturated rings. The lowest BCUT2D eigenvalue weighted by Crippen LogP contribution is -2.47. The fourth-order valence-corrected chi connectivity index (χ4v) is 3.41. The van der Waals surface area contributed by atoms with Gasteiger partial charge in [0.05, 0.1) is 13.1 Å². The number of nitrogens with zero attached hydrogens (tertiary/aromatic N) is 5. The number of aliphatic imine (C=N–C) groups is 1. The maximum atomic E-state index is 11.9. The number of carbonyl (C=O) groups is 1. The molecule has 148 valence electrons. The Balaban J connectivity index is 0.00000261. The Kier molecular flexibility index (Phi) is 8.02. The second kappa shape index (κ2) is 10.0. The van der Waals surface area contributed by atoms with Gasteiger partial charge < -0.3 is 15.5 Å². The van der Waals surface area contributed by atoms with Crippen LogP contribution in [0, 0.1) is 6.92 Å². The van der Waals surface area contributed by atoms with E-state index in [0.717, 1.165) is 31.0 Å². The Bertz CT molecular complexity index is 772. The van der Waals surface area contributed by atoms with Gasteiger partial charge in [-0.05, 0) is 24.8 Å². The number of nitrogens with one attached hydrogen (secondary N) is 2. The van der Waals surface area contributed by atoms with Crippen LogP contribution in [0.25, 0.3) is 0 Å². The Morgan fingerprint density at radius 3 is 3.00 bits per heavy atom. The number of aromatic nitrogens is 3. The van der Waals surface area contributed by atoms with Gasteiger partial charge in [-0.1, -0.05) is 6.07 Å². The zero-order valence-electron chi connectivity index (χ0n) is 15.8. The van der Waals surface area contributed by atoms with Gasteiger partial charge in [0.15, 0.2) is 5.96 Å². The lowest BCUT2D eigenvalue weighted by molar-refractivity contribution is -0.127. The third-order valence-corrected chi connectivity index (χ3v) is 5.06. The summed E-state index contributed by atoms with van der Waals surface area (Å²) in [6.07, 6.45) is 1.84. The first kappa shape index (κ1) is 21.6. The Hall–Kier alpha value is -1.69. The highest BCUT2D eigenvalue weighted by Crippen LogP contribution is 2.13. The molecule has 1 aliphatic heterocycles. The Morgan fingerprint density at radius 1 is 1.48 bits per heavy atom. The van der Waals surface area contributed by atoms with E-state index < -0.39 is 0 Å². The van der Waals surface area contributed by atoms with Crippen LogP contribution < -0.4 is 10.6 Å². The zero-order chi connectivity index (χ0) is 18.5. The number of rotatable bonds is 5. The quantitative estimate of drug-likeness (QED) is 0.366. The van der Waals surface area contributed by atoms with Crippen molar-refractivity contribution in [2.45, 2.75) is 38.9 Å². The number of halogens is 1. The van der Waals surface area contributed by atoms with Crippen molar-refractivity contribution in [2.24, 2.45) is 4.99 Å². The average molecular weight is 503 g/mol. The number of hydrogen-bond donors (Lipinski definition) is 2. The molecular formula is C17H26IN7OS. The highest BCUT2D eigenvalue weighted by atomic mass is 127. The summed E-state index contributed by atoms with van der Waals surface area (Å²) in [4.78, 5) is 23.6. The maximum absolute atomic E-state index is 11.9. The molecule has 2 aromatic heterocycles. The molecule has 0 aromatic carbocycles. The van der Waals surface area contributed by atoms with Crippen LogP contribution in [0.3, 0.4) is 0 Å². The number of likely N-dealkylation sites (N-methyl/N-ethyl adjacent to an activating group) is 1. The van der Waals surface area contributed by atoms with E-state index in [1.54, 1.807) is 30.3 Å². The molecule has 27 heavy (non-hydrogen) atoms. The van der Waals surface area contributed by atoms with E-state index in [4.69, 9.17) is 0 Å². The molecule has 2 N–H and O–H groups in total. The predicted octanol–water partition coefficient (Wildman–Crippen LogP) is 1.40. The van der Waals surface area contributed by atoms with Crippen LogP contribution in [-0.2, 0) is 24.3 Å². The largest absolute Gasteiger partial charge is 0.352 e. The van der Waals surface area contributed by atoms with Crippen molar-refractivity contribution in [3.8, 4) is 0 Å². The third kappa shape index (κ3) is 6.16. The Labute approximate surface area is 180 Å². The third-order valence-electron chi connectivity index (χ3n) is 4.19. The van der Waals surface area contributed by atoms with E-state index in [0.29, 0.717) is 12.5 Å². The molecular weight excluding hydrogens is 477 g/mol. The second-order valence-electron chi connectivity index (χ2n) is 6.52. The van der Waals surface area contributed by atoms with Gasteiger partial charge in [0, 0.05) is 31.4 Å². The molecule has 0 spiro atoms. The van der Waals surface area contributed by atoms with E-state index in [-0.39, 0.29) is 42.5 Å². The van der Waals surface area contributed by atoms with Crippen LogP contribution in [0.15, 0.2) is 22.5 Å². The fraction of sp³-hybridized carbons (Fsp3) is 0.529. The molecule has 1 aliphatic rings. The minimum atomic E-state index is -0.0277. The van der Waals surface area contributed by atoms with E-state index in [2.05, 4.69) is 31.8 Å². The summed E-state index contributed by atoms with van der Waals surface area (Å²) in [7, 11) is 3.47. The van der Waals surface area contributed by atoms with Crippen molar-refractivity contribution < 1.29 is 4.79 Å². The molecule has 0 aliphatic carbocycles. The molecule has 10 heteroatoms. The first-order valence-corrected chi connectivity index (χ1v) is 9.57. The molecule has 0 saturated carbocycles. The van der Waals surface area contributed by atoms with Gasteiger partial charge in [-0.15, -0.1) is 35.3 Å². The number of fused-ring (bicyclic) bond motifs is 1. The molecule has 1 atom stereocenters. The number of amides is 1. The van der Waals surface area contributed by atoms with Crippen LogP contribution in [0.5, 0.6) is 0 Å². The summed E-state index contributed by atoms with van der Waals surface area (Å²) in [6, 6.07) is 4.30. The van der Waals surface area contributed by atoms with Crippen molar-refractivity contribution in [2.75, 3.05) is 20.6 Å². The van der Waals surface area contributed by atoms with E-state index in [1.165, 1.54) is 4.88 Å². The van der Waals surface area contributed by atoms with Crippen LogP contribution in [0.2, 0.25) is 0 Å². The van der Waals surface area contributed by atoms with Gasteiger partial charge in [-0.3, -0.25) is 4.79 Å². The van der Waals surface area contributed by atoms with E-state index in [9.17, 15) is 4.79 Å². The summed E-state index contributed by atoms with van der Waals surface area (Å²) < 4.78 is 1.96. The SMILES string of the molecule is Cc1nc2n(n1)CC(NC(=NCC(=O)N(C)C)NCc1cccs1)CC2.I. The van der Waals surface area contributed by atoms with E-state index >= 15 is 0 Å². The van der Waals surface area contributed by atoms with Crippen LogP contribution in [-0.4, -0.2) is 58.2 Å². The fourth-order valence-electron chi connectivity index (χ4n) is 2.77. The number of hydrogen-bond acceptors (Lipinski definition) is 5. The zero-order valence-corrected chi connectivity index (χ0v) is 19.0. The summed E-state index contributed by atoms with van der Waals surface area (Å²) >= 11 is 1.69. The smallest absolute Gasteiger partial charge is 0.243 e. The lowest BCUT2D eigenvalue weighted by atomic mass is 10.1.